The van der Waals surface area contributed by atoms with Crippen LogP contribution in [0.5, 0.6) is 5.75 Å². The van der Waals surface area contributed by atoms with Gasteiger partial charge in [-0.3, -0.25) is 0 Å². The first-order valence-corrected chi connectivity index (χ1v) is 13.6. The van der Waals surface area contributed by atoms with Gasteiger partial charge in [-0.2, -0.15) is 0 Å². The molecule has 1 N–H and O–H groups in total. The quantitative estimate of drug-likeness (QED) is 0.280. The second-order valence-electron chi connectivity index (χ2n) is 7.22. The van der Waals surface area contributed by atoms with Crippen LogP contribution < -0.4 is 4.74 Å². The third-order valence-corrected chi connectivity index (χ3v) is 5.90. The van der Waals surface area contributed by atoms with E-state index in [1.807, 2.05) is 52.0 Å². The first kappa shape index (κ1) is 30.3. The number of thioether (sulfide) groups is 1. The van der Waals surface area contributed by atoms with E-state index in [9.17, 15) is 9.90 Å². The predicted molar refractivity (Wildman–Crippen MR) is 148 cm³/mol. The average molecular weight is 500 g/mol. The van der Waals surface area contributed by atoms with E-state index in [-0.39, 0.29) is 0 Å². The van der Waals surface area contributed by atoms with Gasteiger partial charge >= 0.3 is 5.97 Å². The molecule has 0 aliphatic rings. The van der Waals surface area contributed by atoms with Crippen molar-refractivity contribution in [1.29, 1.82) is 0 Å². The van der Waals surface area contributed by atoms with Crippen molar-refractivity contribution in [1.82, 2.24) is 4.57 Å². The Bertz CT molecular complexity index is 981. The monoisotopic (exact) mass is 499 g/mol. The second-order valence-corrected chi connectivity index (χ2v) is 8.10. The zero-order valence-electron chi connectivity index (χ0n) is 22.2. The molecule has 2 aromatic carbocycles. The molecular weight excluding hydrogens is 458 g/mol. The van der Waals surface area contributed by atoms with E-state index in [0.29, 0.717) is 19.6 Å². The molecule has 3 rings (SSSR count). The zero-order valence-corrected chi connectivity index (χ0v) is 23.0. The van der Waals surface area contributed by atoms with Gasteiger partial charge in [0.2, 0.25) is 0 Å². The maximum atomic E-state index is 11.3. The fourth-order valence-electron chi connectivity index (χ4n) is 3.49. The molecule has 6 heteroatoms. The van der Waals surface area contributed by atoms with Gasteiger partial charge in [-0.05, 0) is 67.6 Å². The van der Waals surface area contributed by atoms with Crippen LogP contribution in [0.1, 0.15) is 45.9 Å². The molecule has 35 heavy (non-hydrogen) atoms. The van der Waals surface area contributed by atoms with E-state index in [2.05, 4.69) is 54.1 Å². The van der Waals surface area contributed by atoms with Crippen molar-refractivity contribution in [2.75, 3.05) is 19.5 Å². The summed E-state index contributed by atoms with van der Waals surface area (Å²) in [6.07, 6.45) is 1.59. The average Bonchev–Trinajstić information content (AvgIpc) is 3.27. The minimum atomic E-state index is -0.942. The summed E-state index contributed by atoms with van der Waals surface area (Å²) < 4.78 is 13.5. The number of carboxylic acid groups (broad SMARTS) is 1. The standard InChI is InChI=1S/C25H29NO4S.2C2H6/c1-4-29-24(25(27)28)17-19-6-10-21(11-7-19)30-16-15-26-18(2)5-14-23(26)20-8-12-22(31-3)13-9-20;2*1-2/h5-14,24H,4,15-17H2,1-3H3,(H,27,28);2*1-2H3. The van der Waals surface area contributed by atoms with E-state index < -0.39 is 12.1 Å². The van der Waals surface area contributed by atoms with Crippen LogP contribution in [0.25, 0.3) is 11.3 Å². The Hall–Kier alpha value is -2.70. The van der Waals surface area contributed by atoms with Gasteiger partial charge < -0.3 is 19.1 Å². The lowest BCUT2D eigenvalue weighted by Crippen LogP contribution is -2.26. The lowest BCUT2D eigenvalue weighted by molar-refractivity contribution is -0.149. The van der Waals surface area contributed by atoms with Crippen molar-refractivity contribution < 1.29 is 19.4 Å². The number of carboxylic acids is 1. The molecule has 0 saturated heterocycles. The minimum absolute atomic E-state index is 0.338. The van der Waals surface area contributed by atoms with Gasteiger partial charge in [-0.15, -0.1) is 11.8 Å². The summed E-state index contributed by atoms with van der Waals surface area (Å²) >= 11 is 1.74. The normalized spacial score (nSPS) is 10.9. The molecule has 0 amide bonds. The third kappa shape index (κ3) is 9.46. The number of aryl methyl sites for hydroxylation is 1. The number of rotatable bonds is 11. The van der Waals surface area contributed by atoms with Crippen LogP contribution in [0.15, 0.2) is 65.6 Å². The SMILES string of the molecule is CC.CC.CCOC(Cc1ccc(OCCn2c(C)ccc2-c2ccc(SC)cc2)cc1)C(=O)O. The van der Waals surface area contributed by atoms with Crippen LogP contribution in [0.3, 0.4) is 0 Å². The number of carbonyl (C=O) groups is 1. The van der Waals surface area contributed by atoms with E-state index in [4.69, 9.17) is 9.47 Å². The Morgan fingerprint density at radius 3 is 2.14 bits per heavy atom. The first-order valence-electron chi connectivity index (χ1n) is 12.4. The number of aliphatic carboxylic acids is 1. The molecule has 0 fully saturated rings. The fraction of sp³-hybridized carbons (Fsp3) is 0.414. The van der Waals surface area contributed by atoms with Gasteiger partial charge in [0.15, 0.2) is 6.10 Å². The summed E-state index contributed by atoms with van der Waals surface area (Å²) in [5, 5.41) is 9.23. The molecule has 5 nitrogen and oxygen atoms in total. The molecule has 3 aromatic rings. The van der Waals surface area contributed by atoms with Crippen molar-refractivity contribution >= 4 is 17.7 Å². The van der Waals surface area contributed by atoms with Gasteiger partial charge in [0.25, 0.3) is 0 Å². The molecule has 1 atom stereocenters. The summed E-state index contributed by atoms with van der Waals surface area (Å²) in [5.74, 6) is -0.175. The highest BCUT2D eigenvalue weighted by Gasteiger charge is 2.17. The smallest absolute Gasteiger partial charge is 0.333 e. The van der Waals surface area contributed by atoms with Crippen molar-refractivity contribution in [3.63, 3.8) is 0 Å². The van der Waals surface area contributed by atoms with Crippen LogP contribution in [0, 0.1) is 6.92 Å². The van der Waals surface area contributed by atoms with Crippen molar-refractivity contribution in [3.05, 3.63) is 71.9 Å². The first-order chi connectivity index (χ1) is 17.0. The summed E-state index contributed by atoms with van der Waals surface area (Å²) in [6, 6.07) is 20.4. The summed E-state index contributed by atoms with van der Waals surface area (Å²) in [7, 11) is 0. The molecule has 0 bridgehead atoms. The molecule has 1 unspecified atom stereocenters. The largest absolute Gasteiger partial charge is 0.492 e. The van der Waals surface area contributed by atoms with Crippen molar-refractivity contribution in [2.24, 2.45) is 0 Å². The molecule has 192 valence electrons. The Morgan fingerprint density at radius 2 is 1.60 bits per heavy atom. The lowest BCUT2D eigenvalue weighted by Gasteiger charge is -2.14. The maximum absolute atomic E-state index is 11.3. The second kappa shape index (κ2) is 16.8. The molecule has 1 heterocycles. The van der Waals surface area contributed by atoms with Crippen molar-refractivity contribution in [2.45, 2.75) is 65.5 Å². The maximum Gasteiger partial charge on any atom is 0.333 e. The van der Waals surface area contributed by atoms with Gasteiger partial charge in [0.05, 0.1) is 6.54 Å². The van der Waals surface area contributed by atoms with Crippen molar-refractivity contribution in [3.8, 4) is 17.0 Å². The van der Waals surface area contributed by atoms with E-state index in [1.54, 1.807) is 18.7 Å². The number of aromatic nitrogens is 1. The van der Waals surface area contributed by atoms with Gasteiger partial charge in [0.1, 0.15) is 12.4 Å². The highest BCUT2D eigenvalue weighted by atomic mass is 32.2. The minimum Gasteiger partial charge on any atom is -0.492 e. The highest BCUT2D eigenvalue weighted by molar-refractivity contribution is 7.98. The number of ether oxygens (including phenoxy) is 2. The number of hydrogen-bond donors (Lipinski definition) is 1. The van der Waals surface area contributed by atoms with E-state index in [1.165, 1.54) is 21.8 Å². The molecular formula is C29H41NO4S. The Balaban J connectivity index is 0.00000145. The fourth-order valence-corrected chi connectivity index (χ4v) is 3.90. The molecule has 0 aliphatic heterocycles. The Kier molecular flexibility index (Phi) is 14.6. The van der Waals surface area contributed by atoms with Gasteiger partial charge in [-0.25, -0.2) is 4.79 Å². The zero-order chi connectivity index (χ0) is 26.2. The number of hydrogen-bond acceptors (Lipinski definition) is 4. The number of benzene rings is 2. The topological polar surface area (TPSA) is 60.7 Å². The lowest BCUT2D eigenvalue weighted by atomic mass is 10.1. The van der Waals surface area contributed by atoms with Crippen LogP contribution in [0.4, 0.5) is 0 Å². The highest BCUT2D eigenvalue weighted by Crippen LogP contribution is 2.25. The molecule has 0 spiro atoms. The summed E-state index contributed by atoms with van der Waals surface area (Å²) in [5.41, 5.74) is 4.47. The molecule has 0 saturated carbocycles. The molecule has 0 aliphatic carbocycles. The van der Waals surface area contributed by atoms with Gasteiger partial charge in [-0.1, -0.05) is 52.0 Å². The predicted octanol–water partition coefficient (Wildman–Crippen LogP) is 7.35. The Morgan fingerprint density at radius 1 is 0.971 bits per heavy atom. The van der Waals surface area contributed by atoms with Crippen LogP contribution in [-0.4, -0.2) is 41.2 Å². The summed E-state index contributed by atoms with van der Waals surface area (Å²) in [4.78, 5) is 12.5. The Labute approximate surface area is 215 Å². The van der Waals surface area contributed by atoms with E-state index >= 15 is 0 Å². The molecule has 1 aromatic heterocycles. The summed E-state index contributed by atoms with van der Waals surface area (Å²) in [6.45, 7) is 13.6. The van der Waals surface area contributed by atoms with Crippen LogP contribution >= 0.6 is 11.8 Å². The van der Waals surface area contributed by atoms with Crippen LogP contribution in [0.2, 0.25) is 0 Å². The third-order valence-electron chi connectivity index (χ3n) is 5.16. The molecule has 0 radical (unpaired) electrons. The van der Waals surface area contributed by atoms with E-state index in [0.717, 1.165) is 17.9 Å². The van der Waals surface area contributed by atoms with Gasteiger partial charge in [0, 0.05) is 29.3 Å². The number of nitrogens with zero attached hydrogens (tertiary/aromatic N) is 1. The van der Waals surface area contributed by atoms with Crippen LogP contribution in [-0.2, 0) is 22.5 Å².